The van der Waals surface area contributed by atoms with Crippen LogP contribution in [0, 0.1) is 11.6 Å². The van der Waals surface area contributed by atoms with Gasteiger partial charge in [-0.1, -0.05) is 30.3 Å². The number of benzene rings is 2. The zero-order chi connectivity index (χ0) is 20.0. The summed E-state index contributed by atoms with van der Waals surface area (Å²) in [6, 6.07) is 10.9. The van der Waals surface area contributed by atoms with E-state index in [0.29, 0.717) is 6.07 Å². The highest BCUT2D eigenvalue weighted by molar-refractivity contribution is 5.96. The van der Waals surface area contributed by atoms with Crippen molar-refractivity contribution in [3.8, 4) is 0 Å². The fourth-order valence-corrected chi connectivity index (χ4v) is 2.32. The predicted molar refractivity (Wildman–Crippen MR) is 98.3 cm³/mol. The van der Waals surface area contributed by atoms with Crippen LogP contribution in [0.5, 0.6) is 0 Å². The van der Waals surface area contributed by atoms with Crippen molar-refractivity contribution in [2.75, 3.05) is 5.32 Å². The number of anilines is 1. The van der Waals surface area contributed by atoms with Gasteiger partial charge >= 0.3 is 6.09 Å². The summed E-state index contributed by atoms with van der Waals surface area (Å²) in [5.74, 6) is -2.30. The normalized spacial score (nSPS) is 12.2. The molecule has 0 bridgehead atoms. The van der Waals surface area contributed by atoms with E-state index >= 15 is 0 Å². The molecule has 27 heavy (non-hydrogen) atoms. The van der Waals surface area contributed by atoms with Crippen LogP contribution >= 0.6 is 0 Å². The number of amides is 2. The summed E-state index contributed by atoms with van der Waals surface area (Å²) in [7, 11) is 0. The maximum Gasteiger partial charge on any atom is 0.408 e. The lowest BCUT2D eigenvalue weighted by atomic mass is 10.1. The molecule has 1 atom stereocenters. The van der Waals surface area contributed by atoms with Crippen LogP contribution in [0.4, 0.5) is 19.3 Å². The Kier molecular flexibility index (Phi) is 6.50. The number of rotatable bonds is 5. The second kappa shape index (κ2) is 8.62. The summed E-state index contributed by atoms with van der Waals surface area (Å²) < 4.78 is 32.0. The van der Waals surface area contributed by atoms with E-state index < -0.39 is 35.3 Å². The van der Waals surface area contributed by atoms with E-state index in [4.69, 9.17) is 4.74 Å². The molecule has 2 aromatic carbocycles. The van der Waals surface area contributed by atoms with Gasteiger partial charge in [-0.3, -0.25) is 4.79 Å². The van der Waals surface area contributed by atoms with E-state index in [-0.39, 0.29) is 12.1 Å². The predicted octanol–water partition coefficient (Wildman–Crippen LogP) is 4.04. The molecule has 0 radical (unpaired) electrons. The minimum absolute atomic E-state index is 0.175. The average Bonchev–Trinajstić information content (AvgIpc) is 2.56. The summed E-state index contributed by atoms with van der Waals surface area (Å²) in [6.45, 7) is 5.10. The highest BCUT2D eigenvalue weighted by Gasteiger charge is 2.25. The molecule has 0 saturated heterocycles. The number of carbonyl (C=O) groups excluding carboxylic acids is 2. The van der Waals surface area contributed by atoms with Crippen LogP contribution in [-0.2, 0) is 16.0 Å². The molecule has 2 rings (SSSR count). The molecule has 0 saturated carbocycles. The Hall–Kier alpha value is -2.96. The Morgan fingerprint density at radius 1 is 1.07 bits per heavy atom. The second-order valence-corrected chi connectivity index (χ2v) is 7.00. The van der Waals surface area contributed by atoms with Crippen molar-refractivity contribution in [2.24, 2.45) is 0 Å². The van der Waals surface area contributed by atoms with E-state index in [9.17, 15) is 18.4 Å². The Balaban J connectivity index is 2.16. The molecule has 2 N–H and O–H groups in total. The molecule has 0 heterocycles. The first-order chi connectivity index (χ1) is 12.6. The van der Waals surface area contributed by atoms with E-state index in [1.54, 1.807) is 45.0 Å². The van der Waals surface area contributed by atoms with E-state index in [2.05, 4.69) is 10.6 Å². The van der Waals surface area contributed by atoms with Gasteiger partial charge in [0.05, 0.1) is 5.69 Å². The first kappa shape index (κ1) is 20.4. The molecule has 2 amide bonds. The summed E-state index contributed by atoms with van der Waals surface area (Å²) in [5, 5.41) is 4.88. The minimum Gasteiger partial charge on any atom is -0.444 e. The fraction of sp³-hybridized carbons (Fsp3) is 0.300. The molecule has 0 aliphatic carbocycles. The third-order valence-electron chi connectivity index (χ3n) is 3.48. The van der Waals surface area contributed by atoms with Gasteiger partial charge in [0.25, 0.3) is 0 Å². The standard InChI is InChI=1S/C20H22F2N2O3/c1-20(2,3)27-19(26)24-17(11-13-7-5-4-6-8-13)18(25)23-16-10-9-14(21)12-15(16)22/h4-10,12,17H,11H2,1-3H3,(H,23,25)(H,24,26)/t17-/m1/s1. The van der Waals surface area contributed by atoms with Crippen molar-refractivity contribution in [3.63, 3.8) is 0 Å². The van der Waals surface area contributed by atoms with Gasteiger partial charge in [-0.05, 0) is 38.5 Å². The van der Waals surface area contributed by atoms with Crippen molar-refractivity contribution in [3.05, 3.63) is 65.7 Å². The maximum atomic E-state index is 13.8. The number of ether oxygens (including phenoxy) is 1. The van der Waals surface area contributed by atoms with Crippen LogP contribution < -0.4 is 10.6 Å². The van der Waals surface area contributed by atoms with Crippen LogP contribution in [0.3, 0.4) is 0 Å². The summed E-state index contributed by atoms with van der Waals surface area (Å²) in [4.78, 5) is 24.7. The van der Waals surface area contributed by atoms with Crippen LogP contribution in [0.2, 0.25) is 0 Å². The molecule has 0 unspecified atom stereocenters. The Morgan fingerprint density at radius 2 is 1.74 bits per heavy atom. The number of alkyl carbamates (subject to hydrolysis) is 1. The Morgan fingerprint density at radius 3 is 2.33 bits per heavy atom. The average molecular weight is 376 g/mol. The highest BCUT2D eigenvalue weighted by atomic mass is 19.1. The van der Waals surface area contributed by atoms with Crippen LogP contribution in [-0.4, -0.2) is 23.6 Å². The Bertz CT molecular complexity index is 805. The molecule has 0 fully saturated rings. The molecule has 7 heteroatoms. The van der Waals surface area contributed by atoms with Gasteiger partial charge < -0.3 is 15.4 Å². The van der Waals surface area contributed by atoms with Gasteiger partial charge in [0.2, 0.25) is 5.91 Å². The van der Waals surface area contributed by atoms with Gasteiger partial charge in [0.15, 0.2) is 0 Å². The molecule has 0 aliphatic rings. The number of carbonyl (C=O) groups is 2. The summed E-state index contributed by atoms with van der Waals surface area (Å²) >= 11 is 0. The second-order valence-electron chi connectivity index (χ2n) is 7.00. The largest absolute Gasteiger partial charge is 0.444 e. The van der Waals surface area contributed by atoms with Gasteiger partial charge in [0.1, 0.15) is 23.3 Å². The molecule has 2 aromatic rings. The van der Waals surface area contributed by atoms with E-state index in [1.807, 2.05) is 6.07 Å². The van der Waals surface area contributed by atoms with Crippen LogP contribution in [0.25, 0.3) is 0 Å². The Labute approximate surface area is 156 Å². The number of nitrogens with one attached hydrogen (secondary N) is 2. The topological polar surface area (TPSA) is 67.4 Å². The van der Waals surface area contributed by atoms with Gasteiger partial charge in [-0.15, -0.1) is 0 Å². The molecule has 144 valence electrons. The fourth-order valence-electron chi connectivity index (χ4n) is 2.32. The molecule has 5 nitrogen and oxygen atoms in total. The zero-order valence-corrected chi connectivity index (χ0v) is 15.4. The van der Waals surface area contributed by atoms with Crippen molar-refractivity contribution in [2.45, 2.75) is 38.8 Å². The van der Waals surface area contributed by atoms with Crippen LogP contribution in [0.1, 0.15) is 26.3 Å². The smallest absolute Gasteiger partial charge is 0.408 e. The lowest BCUT2D eigenvalue weighted by Crippen LogP contribution is -2.47. The first-order valence-corrected chi connectivity index (χ1v) is 8.43. The van der Waals surface area contributed by atoms with E-state index in [1.165, 1.54) is 0 Å². The highest BCUT2D eigenvalue weighted by Crippen LogP contribution is 2.16. The van der Waals surface area contributed by atoms with Crippen molar-refractivity contribution in [1.82, 2.24) is 5.32 Å². The van der Waals surface area contributed by atoms with Gasteiger partial charge in [0, 0.05) is 12.5 Å². The van der Waals surface area contributed by atoms with Crippen molar-refractivity contribution in [1.29, 1.82) is 0 Å². The molecule has 0 spiro atoms. The SMILES string of the molecule is CC(C)(C)OC(=O)N[C@H](Cc1ccccc1)C(=O)Nc1ccc(F)cc1F. The number of hydrogen-bond donors (Lipinski definition) is 2. The van der Waals surface area contributed by atoms with Crippen LogP contribution in [0.15, 0.2) is 48.5 Å². The quantitative estimate of drug-likeness (QED) is 0.828. The molecular formula is C20H22F2N2O3. The summed E-state index contributed by atoms with van der Waals surface area (Å²) in [5.41, 5.74) is -0.111. The van der Waals surface area contributed by atoms with Gasteiger partial charge in [-0.25, -0.2) is 13.6 Å². The van der Waals surface area contributed by atoms with Crippen molar-refractivity contribution < 1.29 is 23.1 Å². The monoisotopic (exact) mass is 376 g/mol. The number of halogens is 2. The number of hydrogen-bond acceptors (Lipinski definition) is 3. The third-order valence-corrected chi connectivity index (χ3v) is 3.48. The van der Waals surface area contributed by atoms with Crippen molar-refractivity contribution >= 4 is 17.7 Å². The lowest BCUT2D eigenvalue weighted by Gasteiger charge is -2.23. The minimum atomic E-state index is -1.01. The molecule has 0 aliphatic heterocycles. The molecular weight excluding hydrogens is 354 g/mol. The third kappa shape index (κ3) is 6.69. The molecule has 0 aromatic heterocycles. The lowest BCUT2D eigenvalue weighted by molar-refractivity contribution is -0.118. The maximum absolute atomic E-state index is 13.8. The zero-order valence-electron chi connectivity index (χ0n) is 15.4. The van der Waals surface area contributed by atoms with E-state index in [0.717, 1.165) is 17.7 Å². The first-order valence-electron chi connectivity index (χ1n) is 8.43. The van der Waals surface area contributed by atoms with Gasteiger partial charge in [-0.2, -0.15) is 0 Å². The summed E-state index contributed by atoms with van der Waals surface area (Å²) in [6.07, 6.45) is -0.590.